The summed E-state index contributed by atoms with van der Waals surface area (Å²) >= 11 is 5.94. The summed E-state index contributed by atoms with van der Waals surface area (Å²) in [5, 5.41) is 22.1. The molecule has 1 aromatic carbocycles. The van der Waals surface area contributed by atoms with Crippen molar-refractivity contribution in [3.8, 4) is 11.5 Å². The average Bonchev–Trinajstić information content (AvgIpc) is 2.41. The minimum atomic E-state index is 0.0452. The fraction of sp³-hybridized carbons (Fsp3) is 0.538. The lowest BCUT2D eigenvalue weighted by Crippen LogP contribution is -2.17. The number of halogens is 1. The molecule has 0 saturated carbocycles. The van der Waals surface area contributed by atoms with Crippen molar-refractivity contribution in [1.29, 1.82) is 0 Å². The standard InChI is InChI=1S/C13H20ClNO4/c1-18-12-8-11(14)7-10(13(12)17)9-15-3-2-5-19-6-4-16/h7-8,15-17H,2-6,9H2,1H3. The van der Waals surface area contributed by atoms with Crippen LogP contribution in [0.4, 0.5) is 0 Å². The number of phenols is 1. The molecule has 108 valence electrons. The zero-order valence-electron chi connectivity index (χ0n) is 11.0. The zero-order chi connectivity index (χ0) is 14.1. The van der Waals surface area contributed by atoms with Gasteiger partial charge in [0.1, 0.15) is 0 Å². The highest BCUT2D eigenvalue weighted by Gasteiger charge is 2.09. The second kappa shape index (κ2) is 8.98. The molecule has 3 N–H and O–H groups in total. The molecule has 0 saturated heterocycles. The third kappa shape index (κ3) is 5.65. The first-order valence-corrected chi connectivity index (χ1v) is 6.51. The summed E-state index contributed by atoms with van der Waals surface area (Å²) in [6.07, 6.45) is 0.832. The smallest absolute Gasteiger partial charge is 0.162 e. The molecule has 19 heavy (non-hydrogen) atoms. The molecule has 0 radical (unpaired) electrons. The summed E-state index contributed by atoms with van der Waals surface area (Å²) in [5.41, 5.74) is 0.695. The van der Waals surface area contributed by atoms with E-state index in [-0.39, 0.29) is 12.4 Å². The molecule has 0 aromatic heterocycles. The third-order valence-electron chi connectivity index (χ3n) is 2.53. The van der Waals surface area contributed by atoms with Crippen LogP contribution >= 0.6 is 11.6 Å². The quantitative estimate of drug-likeness (QED) is 0.602. The number of nitrogens with one attached hydrogen (secondary N) is 1. The number of benzene rings is 1. The lowest BCUT2D eigenvalue weighted by atomic mass is 10.2. The number of aromatic hydroxyl groups is 1. The van der Waals surface area contributed by atoms with Gasteiger partial charge in [0.2, 0.25) is 0 Å². The Morgan fingerprint density at radius 2 is 2.11 bits per heavy atom. The van der Waals surface area contributed by atoms with E-state index < -0.39 is 0 Å². The summed E-state index contributed by atoms with van der Waals surface area (Å²) in [4.78, 5) is 0. The van der Waals surface area contributed by atoms with Crippen LogP contribution in [0.25, 0.3) is 0 Å². The lowest BCUT2D eigenvalue weighted by Gasteiger charge is -2.11. The Morgan fingerprint density at radius 3 is 2.79 bits per heavy atom. The van der Waals surface area contributed by atoms with E-state index >= 15 is 0 Å². The average molecular weight is 290 g/mol. The van der Waals surface area contributed by atoms with Gasteiger partial charge in [0.25, 0.3) is 0 Å². The number of hydrogen-bond acceptors (Lipinski definition) is 5. The van der Waals surface area contributed by atoms with E-state index in [1.165, 1.54) is 7.11 Å². The van der Waals surface area contributed by atoms with Crippen LogP contribution in [0.1, 0.15) is 12.0 Å². The Kier molecular flexibility index (Phi) is 7.59. The second-order valence-corrected chi connectivity index (χ2v) is 4.42. The molecule has 0 unspecified atom stereocenters. The van der Waals surface area contributed by atoms with Gasteiger partial charge in [-0.15, -0.1) is 0 Å². The van der Waals surface area contributed by atoms with Crippen LogP contribution in [0.2, 0.25) is 5.02 Å². The second-order valence-electron chi connectivity index (χ2n) is 3.98. The summed E-state index contributed by atoms with van der Waals surface area (Å²) in [6, 6.07) is 3.28. The molecule has 1 aromatic rings. The van der Waals surface area contributed by atoms with E-state index in [1.807, 2.05) is 0 Å². The van der Waals surface area contributed by atoms with Crippen LogP contribution in [-0.2, 0) is 11.3 Å². The number of aliphatic hydroxyl groups is 1. The number of rotatable bonds is 9. The molecule has 0 heterocycles. The topological polar surface area (TPSA) is 71.0 Å². The Hall–Kier alpha value is -1.01. The summed E-state index contributed by atoms with van der Waals surface area (Å²) < 4.78 is 10.2. The van der Waals surface area contributed by atoms with E-state index in [0.717, 1.165) is 13.0 Å². The van der Waals surface area contributed by atoms with Gasteiger partial charge in [-0.2, -0.15) is 0 Å². The van der Waals surface area contributed by atoms with Gasteiger partial charge >= 0.3 is 0 Å². The molecular weight excluding hydrogens is 270 g/mol. The molecule has 5 nitrogen and oxygen atoms in total. The van der Waals surface area contributed by atoms with E-state index in [9.17, 15) is 5.11 Å². The van der Waals surface area contributed by atoms with Crippen LogP contribution in [0.3, 0.4) is 0 Å². The molecule has 0 bridgehead atoms. The molecule has 0 aliphatic carbocycles. The first-order valence-electron chi connectivity index (χ1n) is 6.13. The maximum absolute atomic E-state index is 9.91. The minimum absolute atomic E-state index is 0.0452. The molecule has 1 rings (SSSR count). The van der Waals surface area contributed by atoms with Crippen LogP contribution in [0.5, 0.6) is 11.5 Å². The molecule has 0 fully saturated rings. The Bertz CT molecular complexity index is 387. The number of ether oxygens (including phenoxy) is 2. The summed E-state index contributed by atoms with van der Waals surface area (Å²) in [6.45, 7) is 2.26. The van der Waals surface area contributed by atoms with Crippen LogP contribution in [0.15, 0.2) is 12.1 Å². The van der Waals surface area contributed by atoms with Gasteiger partial charge in [0.05, 0.1) is 20.3 Å². The van der Waals surface area contributed by atoms with Crippen molar-refractivity contribution < 1.29 is 19.7 Å². The van der Waals surface area contributed by atoms with Crippen LogP contribution in [-0.4, -0.2) is 43.7 Å². The first kappa shape index (κ1) is 16.0. The fourth-order valence-corrected chi connectivity index (χ4v) is 1.84. The molecule has 0 aliphatic heterocycles. The van der Waals surface area contributed by atoms with E-state index in [2.05, 4.69) is 5.32 Å². The van der Waals surface area contributed by atoms with Crippen molar-refractivity contribution in [2.45, 2.75) is 13.0 Å². The van der Waals surface area contributed by atoms with Gasteiger partial charge in [-0.25, -0.2) is 0 Å². The van der Waals surface area contributed by atoms with Gasteiger partial charge in [-0.1, -0.05) is 11.6 Å². The maximum atomic E-state index is 9.91. The molecule has 0 atom stereocenters. The van der Waals surface area contributed by atoms with Crippen molar-refractivity contribution in [2.24, 2.45) is 0 Å². The van der Waals surface area contributed by atoms with Gasteiger partial charge in [-0.05, 0) is 19.0 Å². The maximum Gasteiger partial charge on any atom is 0.162 e. The van der Waals surface area contributed by atoms with Crippen molar-refractivity contribution in [3.05, 3.63) is 22.7 Å². The van der Waals surface area contributed by atoms with Gasteiger partial charge in [-0.3, -0.25) is 0 Å². The lowest BCUT2D eigenvalue weighted by molar-refractivity contribution is 0.0907. The molecule has 0 amide bonds. The Balaban J connectivity index is 2.35. The van der Waals surface area contributed by atoms with Crippen LogP contribution in [0, 0.1) is 0 Å². The highest BCUT2D eigenvalue weighted by molar-refractivity contribution is 6.30. The van der Waals surface area contributed by atoms with E-state index in [0.29, 0.717) is 36.1 Å². The zero-order valence-corrected chi connectivity index (χ0v) is 11.7. The Morgan fingerprint density at radius 1 is 1.32 bits per heavy atom. The van der Waals surface area contributed by atoms with Crippen molar-refractivity contribution in [2.75, 3.05) is 33.5 Å². The normalized spacial score (nSPS) is 10.7. The van der Waals surface area contributed by atoms with Crippen LogP contribution < -0.4 is 10.1 Å². The van der Waals surface area contributed by atoms with Gasteiger partial charge in [0.15, 0.2) is 11.5 Å². The van der Waals surface area contributed by atoms with Crippen molar-refractivity contribution >= 4 is 11.6 Å². The van der Waals surface area contributed by atoms with Crippen molar-refractivity contribution in [3.63, 3.8) is 0 Å². The number of aliphatic hydroxyl groups excluding tert-OH is 1. The molecular formula is C13H20ClNO4. The molecule has 6 heteroatoms. The van der Waals surface area contributed by atoms with E-state index in [4.69, 9.17) is 26.2 Å². The first-order chi connectivity index (χ1) is 9.19. The SMILES string of the molecule is COc1cc(Cl)cc(CNCCCOCCO)c1O. The predicted molar refractivity (Wildman–Crippen MR) is 73.9 cm³/mol. The monoisotopic (exact) mass is 289 g/mol. The fourth-order valence-electron chi connectivity index (χ4n) is 1.61. The summed E-state index contributed by atoms with van der Waals surface area (Å²) in [7, 11) is 1.49. The minimum Gasteiger partial charge on any atom is -0.504 e. The largest absolute Gasteiger partial charge is 0.504 e. The number of methoxy groups -OCH3 is 1. The summed E-state index contributed by atoms with van der Waals surface area (Å²) in [5.74, 6) is 0.478. The highest BCUT2D eigenvalue weighted by atomic mass is 35.5. The van der Waals surface area contributed by atoms with Gasteiger partial charge in [0, 0.05) is 29.8 Å². The third-order valence-corrected chi connectivity index (χ3v) is 2.75. The van der Waals surface area contributed by atoms with E-state index in [1.54, 1.807) is 12.1 Å². The molecule has 0 spiro atoms. The Labute approximate surface area is 118 Å². The number of phenolic OH excluding ortho intramolecular Hbond substituents is 1. The highest BCUT2D eigenvalue weighted by Crippen LogP contribution is 2.33. The predicted octanol–water partition coefficient (Wildman–Crippen LogP) is 1.54. The van der Waals surface area contributed by atoms with Gasteiger partial charge < -0.3 is 25.0 Å². The number of hydrogen-bond donors (Lipinski definition) is 3. The van der Waals surface area contributed by atoms with Crippen molar-refractivity contribution in [1.82, 2.24) is 5.32 Å². The molecule has 0 aliphatic rings.